The highest BCUT2D eigenvalue weighted by Gasteiger charge is 2.14. The van der Waals surface area contributed by atoms with E-state index in [-0.39, 0.29) is 16.3 Å². The second-order valence-corrected chi connectivity index (χ2v) is 6.95. The smallest absolute Gasteiger partial charge is 0.195 e. The maximum absolute atomic E-state index is 14.0. The van der Waals surface area contributed by atoms with Gasteiger partial charge in [0, 0.05) is 17.3 Å². The van der Waals surface area contributed by atoms with E-state index >= 15 is 0 Å². The van der Waals surface area contributed by atoms with E-state index in [1.54, 1.807) is 6.92 Å². The average molecular weight is 349 g/mol. The van der Waals surface area contributed by atoms with Crippen molar-refractivity contribution in [2.75, 3.05) is 0 Å². The Morgan fingerprint density at radius 2 is 1.52 bits per heavy atom. The molecule has 2 rings (SSSR count). The SMILES string of the molecule is CCCCCCCCCCCc1c(C)[nH]c2cc(F)cc(F)c2c1=O. The summed E-state index contributed by atoms with van der Waals surface area (Å²) in [6, 6.07) is 1.95. The first kappa shape index (κ1) is 19.6. The van der Waals surface area contributed by atoms with Crippen LogP contribution >= 0.6 is 0 Å². The second-order valence-electron chi connectivity index (χ2n) is 6.95. The number of pyridine rings is 1. The number of aryl methyl sites for hydroxylation is 1. The number of benzene rings is 1. The molecule has 1 aromatic heterocycles. The summed E-state index contributed by atoms with van der Waals surface area (Å²) in [5.41, 5.74) is 1.27. The van der Waals surface area contributed by atoms with Gasteiger partial charge in [0.25, 0.3) is 0 Å². The van der Waals surface area contributed by atoms with E-state index in [0.29, 0.717) is 17.7 Å². The summed E-state index contributed by atoms with van der Waals surface area (Å²) in [6.07, 6.45) is 11.6. The van der Waals surface area contributed by atoms with E-state index in [9.17, 15) is 13.6 Å². The number of unbranched alkanes of at least 4 members (excludes halogenated alkanes) is 8. The van der Waals surface area contributed by atoms with Crippen molar-refractivity contribution >= 4 is 10.9 Å². The normalized spacial score (nSPS) is 11.4. The first-order chi connectivity index (χ1) is 12.0. The summed E-state index contributed by atoms with van der Waals surface area (Å²) in [7, 11) is 0. The van der Waals surface area contributed by atoms with E-state index in [2.05, 4.69) is 11.9 Å². The molecule has 0 aliphatic heterocycles. The molecule has 4 heteroatoms. The van der Waals surface area contributed by atoms with Gasteiger partial charge in [0.15, 0.2) is 5.43 Å². The Kier molecular flexibility index (Phi) is 7.60. The molecular formula is C21H29F2NO. The molecule has 0 saturated carbocycles. The van der Waals surface area contributed by atoms with Crippen LogP contribution in [0.15, 0.2) is 16.9 Å². The maximum atomic E-state index is 14.0. The molecule has 0 fully saturated rings. The Bertz CT molecular complexity index is 752. The highest BCUT2D eigenvalue weighted by atomic mass is 19.1. The zero-order valence-electron chi connectivity index (χ0n) is 15.4. The molecule has 0 spiro atoms. The summed E-state index contributed by atoms with van der Waals surface area (Å²) in [5.74, 6) is -1.46. The lowest BCUT2D eigenvalue weighted by Gasteiger charge is -2.09. The van der Waals surface area contributed by atoms with Gasteiger partial charge in [-0.1, -0.05) is 58.3 Å². The molecule has 25 heavy (non-hydrogen) atoms. The standard InChI is InChI=1S/C21H29F2NO/c1-3-4-5-6-7-8-9-10-11-12-17-15(2)24-19-14-16(22)13-18(23)20(19)21(17)25/h13-14H,3-12H2,1-2H3,(H,24,25). The molecule has 0 aliphatic rings. The summed E-state index contributed by atoms with van der Waals surface area (Å²) in [6.45, 7) is 4.02. The van der Waals surface area contributed by atoms with Gasteiger partial charge in [-0.3, -0.25) is 4.79 Å². The molecule has 2 nitrogen and oxygen atoms in total. The van der Waals surface area contributed by atoms with Crippen LogP contribution in [0, 0.1) is 18.6 Å². The van der Waals surface area contributed by atoms with Crippen LogP contribution in [0.4, 0.5) is 8.78 Å². The molecule has 1 aromatic carbocycles. The molecule has 0 unspecified atom stereocenters. The van der Waals surface area contributed by atoms with Gasteiger partial charge in [-0.2, -0.15) is 0 Å². The fourth-order valence-corrected chi connectivity index (χ4v) is 3.42. The van der Waals surface area contributed by atoms with Gasteiger partial charge in [0.2, 0.25) is 0 Å². The van der Waals surface area contributed by atoms with Crippen molar-refractivity contribution in [1.29, 1.82) is 0 Å². The number of aromatic nitrogens is 1. The molecule has 0 amide bonds. The molecule has 1 heterocycles. The van der Waals surface area contributed by atoms with E-state index in [1.165, 1.54) is 51.0 Å². The molecule has 0 bridgehead atoms. The zero-order valence-corrected chi connectivity index (χ0v) is 15.4. The third-order valence-corrected chi connectivity index (χ3v) is 4.86. The van der Waals surface area contributed by atoms with Gasteiger partial charge < -0.3 is 4.98 Å². The average Bonchev–Trinajstić information content (AvgIpc) is 2.54. The van der Waals surface area contributed by atoms with Crippen LogP contribution in [0.5, 0.6) is 0 Å². The summed E-state index contributed by atoms with van der Waals surface area (Å²) < 4.78 is 27.3. The molecule has 0 aliphatic carbocycles. The predicted molar refractivity (Wildman–Crippen MR) is 100 cm³/mol. The number of nitrogens with one attached hydrogen (secondary N) is 1. The van der Waals surface area contributed by atoms with Crippen molar-refractivity contribution in [1.82, 2.24) is 4.98 Å². The van der Waals surface area contributed by atoms with Crippen LogP contribution in [-0.2, 0) is 6.42 Å². The molecule has 138 valence electrons. The Morgan fingerprint density at radius 1 is 0.920 bits per heavy atom. The van der Waals surface area contributed by atoms with Crippen molar-refractivity contribution in [2.24, 2.45) is 0 Å². The Balaban J connectivity index is 1.90. The molecular weight excluding hydrogens is 320 g/mol. The number of halogens is 2. The molecule has 0 atom stereocenters. The van der Waals surface area contributed by atoms with Crippen molar-refractivity contribution < 1.29 is 8.78 Å². The van der Waals surface area contributed by atoms with Gasteiger partial charge in [0.05, 0.1) is 10.9 Å². The van der Waals surface area contributed by atoms with E-state index < -0.39 is 11.6 Å². The lowest BCUT2D eigenvalue weighted by atomic mass is 10.0. The predicted octanol–water partition coefficient (Wildman–Crippen LogP) is 6.19. The van der Waals surface area contributed by atoms with Crippen LogP contribution in [-0.4, -0.2) is 4.98 Å². The Hall–Kier alpha value is -1.71. The highest BCUT2D eigenvalue weighted by Crippen LogP contribution is 2.18. The number of hydrogen-bond donors (Lipinski definition) is 1. The third kappa shape index (κ3) is 5.38. The third-order valence-electron chi connectivity index (χ3n) is 4.86. The van der Waals surface area contributed by atoms with E-state index in [1.807, 2.05) is 0 Å². The quantitative estimate of drug-likeness (QED) is 0.510. The van der Waals surface area contributed by atoms with Gasteiger partial charge in [0.1, 0.15) is 11.6 Å². The zero-order chi connectivity index (χ0) is 18.2. The summed E-state index contributed by atoms with van der Waals surface area (Å²) in [4.78, 5) is 15.5. The van der Waals surface area contributed by atoms with Crippen LogP contribution in [0.3, 0.4) is 0 Å². The van der Waals surface area contributed by atoms with Crippen molar-refractivity contribution in [3.8, 4) is 0 Å². The van der Waals surface area contributed by atoms with E-state index in [4.69, 9.17) is 0 Å². The van der Waals surface area contributed by atoms with Gasteiger partial charge in [-0.15, -0.1) is 0 Å². The first-order valence-electron chi connectivity index (χ1n) is 9.55. The lowest BCUT2D eigenvalue weighted by Crippen LogP contribution is -2.15. The summed E-state index contributed by atoms with van der Waals surface area (Å²) >= 11 is 0. The lowest BCUT2D eigenvalue weighted by molar-refractivity contribution is 0.564. The Morgan fingerprint density at radius 3 is 2.16 bits per heavy atom. The van der Waals surface area contributed by atoms with Crippen LogP contribution < -0.4 is 5.43 Å². The number of hydrogen-bond acceptors (Lipinski definition) is 1. The molecule has 1 N–H and O–H groups in total. The van der Waals surface area contributed by atoms with Crippen LogP contribution in [0.2, 0.25) is 0 Å². The topological polar surface area (TPSA) is 32.9 Å². The minimum Gasteiger partial charge on any atom is -0.358 e. The first-order valence-corrected chi connectivity index (χ1v) is 9.55. The Labute approximate surface area is 148 Å². The number of aromatic amines is 1. The van der Waals surface area contributed by atoms with Gasteiger partial charge in [-0.25, -0.2) is 8.78 Å². The van der Waals surface area contributed by atoms with Crippen LogP contribution in [0.1, 0.15) is 76.0 Å². The number of H-pyrrole nitrogens is 1. The minimum absolute atomic E-state index is 0.0297. The second kappa shape index (κ2) is 9.69. The largest absolute Gasteiger partial charge is 0.358 e. The van der Waals surface area contributed by atoms with E-state index in [0.717, 1.165) is 18.9 Å². The van der Waals surface area contributed by atoms with Gasteiger partial charge >= 0.3 is 0 Å². The van der Waals surface area contributed by atoms with Gasteiger partial charge in [-0.05, 0) is 25.8 Å². The molecule has 0 radical (unpaired) electrons. The minimum atomic E-state index is -0.787. The fraction of sp³-hybridized carbons (Fsp3) is 0.571. The highest BCUT2D eigenvalue weighted by molar-refractivity contribution is 5.80. The maximum Gasteiger partial charge on any atom is 0.195 e. The molecule has 0 saturated heterocycles. The number of fused-ring (bicyclic) bond motifs is 1. The summed E-state index contributed by atoms with van der Waals surface area (Å²) in [5, 5.41) is -0.0297. The monoisotopic (exact) mass is 349 g/mol. The van der Waals surface area contributed by atoms with Crippen molar-refractivity contribution in [3.63, 3.8) is 0 Å². The van der Waals surface area contributed by atoms with Crippen LogP contribution in [0.25, 0.3) is 10.9 Å². The number of rotatable bonds is 10. The van der Waals surface area contributed by atoms with Crippen molar-refractivity contribution in [2.45, 2.75) is 78.1 Å². The van der Waals surface area contributed by atoms with Crippen molar-refractivity contribution in [3.05, 3.63) is 45.2 Å². The fourth-order valence-electron chi connectivity index (χ4n) is 3.42. The molecule has 2 aromatic rings.